The first kappa shape index (κ1) is 20.4. The molecule has 3 aromatic rings. The zero-order valence-corrected chi connectivity index (χ0v) is 18.3. The molecule has 2 aliphatic rings. The number of aromatic nitrogens is 2. The van der Waals surface area contributed by atoms with Gasteiger partial charge in [0.15, 0.2) is 11.5 Å². The molecule has 3 heterocycles. The van der Waals surface area contributed by atoms with Crippen molar-refractivity contribution >= 4 is 28.5 Å². The number of carbonyl (C=O) groups is 2. The lowest BCUT2D eigenvalue weighted by atomic mass is 10.1. The third kappa shape index (κ3) is 3.45. The van der Waals surface area contributed by atoms with Gasteiger partial charge >= 0.3 is 0 Å². The largest absolute Gasteiger partial charge is 0.454 e. The lowest BCUT2D eigenvalue weighted by Crippen LogP contribution is -2.34. The quantitative estimate of drug-likeness (QED) is 0.596. The van der Waals surface area contributed by atoms with Gasteiger partial charge in [-0.3, -0.25) is 9.59 Å². The molecular weight excluding hydrogens is 408 g/mol. The highest BCUT2D eigenvalue weighted by Crippen LogP contribution is 2.39. The van der Waals surface area contributed by atoms with Crippen molar-refractivity contribution in [1.82, 2.24) is 14.5 Å². The van der Waals surface area contributed by atoms with E-state index >= 15 is 0 Å². The Morgan fingerprint density at radius 2 is 1.91 bits per heavy atom. The van der Waals surface area contributed by atoms with Crippen molar-refractivity contribution in [3.05, 3.63) is 48.3 Å². The van der Waals surface area contributed by atoms with E-state index in [1.165, 1.54) is 0 Å². The fourth-order valence-electron chi connectivity index (χ4n) is 4.57. The Kier molecular flexibility index (Phi) is 5.20. The highest BCUT2D eigenvalue weighted by atomic mass is 16.7. The molecule has 5 rings (SSSR count). The van der Waals surface area contributed by atoms with Crippen LogP contribution in [0.3, 0.4) is 0 Å². The summed E-state index contributed by atoms with van der Waals surface area (Å²) in [5.41, 5.74) is 2.53. The van der Waals surface area contributed by atoms with Gasteiger partial charge in [-0.05, 0) is 38.1 Å². The summed E-state index contributed by atoms with van der Waals surface area (Å²) in [7, 11) is 0. The van der Waals surface area contributed by atoms with E-state index in [0.29, 0.717) is 37.6 Å². The van der Waals surface area contributed by atoms with Crippen molar-refractivity contribution in [2.45, 2.75) is 32.7 Å². The van der Waals surface area contributed by atoms with Crippen LogP contribution in [0.1, 0.15) is 32.0 Å². The number of amides is 2. The predicted octanol–water partition coefficient (Wildman–Crippen LogP) is 3.15. The number of hydrogen-bond donors (Lipinski definition) is 0. The molecule has 0 bridgehead atoms. The van der Waals surface area contributed by atoms with Crippen molar-refractivity contribution in [3.63, 3.8) is 0 Å². The van der Waals surface area contributed by atoms with Gasteiger partial charge in [0, 0.05) is 43.7 Å². The Morgan fingerprint density at radius 3 is 2.72 bits per heavy atom. The van der Waals surface area contributed by atoms with Crippen LogP contribution in [-0.2, 0) is 16.1 Å². The molecule has 1 aromatic heterocycles. The maximum Gasteiger partial charge on any atom is 0.242 e. The first-order valence-corrected chi connectivity index (χ1v) is 11.0. The van der Waals surface area contributed by atoms with Crippen molar-refractivity contribution < 1.29 is 19.1 Å². The summed E-state index contributed by atoms with van der Waals surface area (Å²) in [6.07, 6.45) is 0.344. The molecule has 2 amide bonds. The Hall–Kier alpha value is -3.55. The first-order valence-electron chi connectivity index (χ1n) is 11.0. The van der Waals surface area contributed by atoms with Gasteiger partial charge in [0.05, 0.1) is 11.0 Å². The molecule has 32 heavy (non-hydrogen) atoms. The monoisotopic (exact) mass is 434 g/mol. The Balaban J connectivity index is 1.47. The minimum Gasteiger partial charge on any atom is -0.454 e. The van der Waals surface area contributed by atoms with E-state index < -0.39 is 0 Å². The van der Waals surface area contributed by atoms with E-state index in [1.54, 1.807) is 4.90 Å². The Labute approximate surface area is 186 Å². The smallest absolute Gasteiger partial charge is 0.242 e. The van der Waals surface area contributed by atoms with Gasteiger partial charge in [-0.2, -0.15) is 0 Å². The van der Waals surface area contributed by atoms with E-state index in [1.807, 2.05) is 65.8 Å². The number of nitrogens with zero attached hydrogens (tertiary/aromatic N) is 4. The standard InChI is InChI=1S/C24H26N4O4/c1-3-26(4-2)23(30)14-28-19-8-6-5-7-18(19)25-24(28)16-11-22(29)27(13-16)17-9-10-20-21(12-17)32-15-31-20/h5-10,12,16H,3-4,11,13-15H2,1-2H3. The van der Waals surface area contributed by atoms with Gasteiger partial charge in [0.2, 0.25) is 18.6 Å². The molecule has 8 nitrogen and oxygen atoms in total. The Bertz CT molecular complexity index is 1180. The number of hydrogen-bond acceptors (Lipinski definition) is 5. The number of likely N-dealkylation sites (N-methyl/N-ethyl adjacent to an activating group) is 1. The number of rotatable bonds is 6. The van der Waals surface area contributed by atoms with Gasteiger partial charge in [-0.1, -0.05) is 12.1 Å². The Morgan fingerprint density at radius 1 is 1.12 bits per heavy atom. The summed E-state index contributed by atoms with van der Waals surface area (Å²) in [6.45, 7) is 6.20. The number of para-hydroxylation sites is 2. The van der Waals surface area contributed by atoms with Crippen molar-refractivity contribution in [2.24, 2.45) is 0 Å². The average molecular weight is 434 g/mol. The van der Waals surface area contributed by atoms with Crippen LogP contribution in [0.5, 0.6) is 11.5 Å². The number of anilines is 1. The van der Waals surface area contributed by atoms with Crippen LogP contribution in [0.15, 0.2) is 42.5 Å². The topological polar surface area (TPSA) is 76.9 Å². The highest BCUT2D eigenvalue weighted by molar-refractivity contribution is 5.97. The van der Waals surface area contributed by atoms with Crippen molar-refractivity contribution in [3.8, 4) is 11.5 Å². The van der Waals surface area contributed by atoms with E-state index in [-0.39, 0.29) is 31.1 Å². The summed E-state index contributed by atoms with van der Waals surface area (Å²) in [5.74, 6) is 2.09. The van der Waals surface area contributed by atoms with Crippen LogP contribution < -0.4 is 14.4 Å². The fraction of sp³-hybridized carbons (Fsp3) is 0.375. The molecule has 1 unspecified atom stereocenters. The lowest BCUT2D eigenvalue weighted by molar-refractivity contribution is -0.131. The third-order valence-corrected chi connectivity index (χ3v) is 6.25. The molecule has 1 saturated heterocycles. The summed E-state index contributed by atoms with van der Waals surface area (Å²) >= 11 is 0. The molecular formula is C24H26N4O4. The normalized spacial score (nSPS) is 17.4. The summed E-state index contributed by atoms with van der Waals surface area (Å²) in [4.78, 5) is 34.3. The van der Waals surface area contributed by atoms with Gasteiger partial charge in [-0.15, -0.1) is 0 Å². The van der Waals surface area contributed by atoms with E-state index in [9.17, 15) is 9.59 Å². The zero-order valence-electron chi connectivity index (χ0n) is 18.3. The number of ether oxygens (including phenoxy) is 2. The second-order valence-electron chi connectivity index (χ2n) is 8.05. The van der Waals surface area contributed by atoms with Gasteiger partial charge in [0.1, 0.15) is 12.4 Å². The number of imidazole rings is 1. The highest BCUT2D eigenvalue weighted by Gasteiger charge is 2.36. The maximum atomic E-state index is 12.9. The van der Waals surface area contributed by atoms with Crippen LogP contribution >= 0.6 is 0 Å². The average Bonchev–Trinajstić information content (AvgIpc) is 3.51. The summed E-state index contributed by atoms with van der Waals surface area (Å²) in [5, 5.41) is 0. The van der Waals surface area contributed by atoms with Crippen LogP contribution in [-0.4, -0.2) is 52.7 Å². The van der Waals surface area contributed by atoms with Gasteiger partial charge < -0.3 is 23.8 Å². The van der Waals surface area contributed by atoms with E-state index in [2.05, 4.69) is 0 Å². The molecule has 2 aromatic carbocycles. The molecule has 0 radical (unpaired) electrons. The lowest BCUT2D eigenvalue weighted by Gasteiger charge is -2.21. The molecule has 0 aliphatic carbocycles. The van der Waals surface area contributed by atoms with Crippen molar-refractivity contribution in [1.29, 1.82) is 0 Å². The van der Waals surface area contributed by atoms with Crippen LogP contribution in [0.2, 0.25) is 0 Å². The van der Waals surface area contributed by atoms with Crippen LogP contribution in [0, 0.1) is 0 Å². The van der Waals surface area contributed by atoms with E-state index in [4.69, 9.17) is 14.5 Å². The SMILES string of the molecule is CCN(CC)C(=O)Cn1c(C2CC(=O)N(c3ccc4c(c3)OCO4)C2)nc2ccccc21. The van der Waals surface area contributed by atoms with Crippen LogP contribution in [0.25, 0.3) is 11.0 Å². The second kappa shape index (κ2) is 8.18. The molecule has 1 atom stereocenters. The minimum absolute atomic E-state index is 0.0301. The minimum atomic E-state index is -0.107. The molecule has 0 saturated carbocycles. The molecule has 8 heteroatoms. The van der Waals surface area contributed by atoms with E-state index in [0.717, 1.165) is 22.5 Å². The molecule has 1 fully saturated rings. The number of carbonyl (C=O) groups excluding carboxylic acids is 2. The third-order valence-electron chi connectivity index (χ3n) is 6.25. The number of benzene rings is 2. The zero-order chi connectivity index (χ0) is 22.2. The molecule has 0 spiro atoms. The molecule has 0 N–H and O–H groups in total. The summed E-state index contributed by atoms with van der Waals surface area (Å²) < 4.78 is 12.8. The fourth-order valence-corrected chi connectivity index (χ4v) is 4.57. The van der Waals surface area contributed by atoms with Crippen LogP contribution in [0.4, 0.5) is 5.69 Å². The van der Waals surface area contributed by atoms with Gasteiger partial charge in [0.25, 0.3) is 0 Å². The van der Waals surface area contributed by atoms with Crippen molar-refractivity contribution in [2.75, 3.05) is 31.3 Å². The molecule has 2 aliphatic heterocycles. The predicted molar refractivity (Wildman–Crippen MR) is 120 cm³/mol. The van der Waals surface area contributed by atoms with Gasteiger partial charge in [-0.25, -0.2) is 4.98 Å². The second-order valence-corrected chi connectivity index (χ2v) is 8.05. The summed E-state index contributed by atoms with van der Waals surface area (Å²) in [6, 6.07) is 13.4. The molecule has 166 valence electrons. The maximum absolute atomic E-state index is 12.9. The first-order chi connectivity index (χ1) is 15.6. The number of fused-ring (bicyclic) bond motifs is 2.